The summed E-state index contributed by atoms with van der Waals surface area (Å²) in [6.07, 6.45) is 0. The van der Waals surface area contributed by atoms with Crippen molar-refractivity contribution < 1.29 is 13.2 Å². The lowest BCUT2D eigenvalue weighted by molar-refractivity contribution is 0.0747. The third kappa shape index (κ3) is 4.78. The van der Waals surface area contributed by atoms with Gasteiger partial charge in [-0.15, -0.1) is 0 Å². The normalized spacial score (nSPS) is 14.3. The van der Waals surface area contributed by atoms with Gasteiger partial charge in [0, 0.05) is 43.1 Å². The molecule has 1 heterocycles. The van der Waals surface area contributed by atoms with Crippen LogP contribution >= 0.6 is 0 Å². The fourth-order valence-electron chi connectivity index (χ4n) is 3.91. The van der Waals surface area contributed by atoms with E-state index < -0.39 is 10.0 Å². The number of rotatable bonds is 5. The summed E-state index contributed by atoms with van der Waals surface area (Å²) < 4.78 is 28.5. The molecule has 3 aromatic carbocycles. The van der Waals surface area contributed by atoms with Gasteiger partial charge in [-0.2, -0.15) is 0 Å². The van der Waals surface area contributed by atoms with Crippen molar-refractivity contribution in [2.24, 2.45) is 0 Å². The predicted molar refractivity (Wildman–Crippen MR) is 128 cm³/mol. The fourth-order valence-corrected chi connectivity index (χ4v) is 5.29. The summed E-state index contributed by atoms with van der Waals surface area (Å²) in [5.41, 5.74) is 3.54. The van der Waals surface area contributed by atoms with E-state index in [2.05, 4.69) is 21.8 Å². The second kappa shape index (κ2) is 9.04. The monoisotopic (exact) mass is 449 g/mol. The second-order valence-corrected chi connectivity index (χ2v) is 9.72. The van der Waals surface area contributed by atoms with Crippen molar-refractivity contribution in [1.29, 1.82) is 0 Å². The van der Waals surface area contributed by atoms with Crippen molar-refractivity contribution in [3.63, 3.8) is 0 Å². The van der Waals surface area contributed by atoms with Gasteiger partial charge < -0.3 is 9.80 Å². The molecule has 0 unspecified atom stereocenters. The molecular formula is C25H27N3O3S. The zero-order chi connectivity index (χ0) is 22.7. The van der Waals surface area contributed by atoms with Crippen LogP contribution in [0.1, 0.15) is 21.5 Å². The Morgan fingerprint density at radius 3 is 2.28 bits per heavy atom. The summed E-state index contributed by atoms with van der Waals surface area (Å²) in [4.78, 5) is 17.4. The third-order valence-corrected chi connectivity index (χ3v) is 7.21. The van der Waals surface area contributed by atoms with Gasteiger partial charge >= 0.3 is 0 Å². The lowest BCUT2D eigenvalue weighted by atomic mass is 10.1. The summed E-state index contributed by atoms with van der Waals surface area (Å²) in [6.45, 7) is 6.38. The van der Waals surface area contributed by atoms with Crippen LogP contribution in [0.5, 0.6) is 0 Å². The molecule has 0 radical (unpaired) electrons. The van der Waals surface area contributed by atoms with Crippen LogP contribution in [0, 0.1) is 13.8 Å². The number of hydrogen-bond acceptors (Lipinski definition) is 4. The highest BCUT2D eigenvalue weighted by Crippen LogP contribution is 2.22. The van der Waals surface area contributed by atoms with Crippen molar-refractivity contribution in [3.8, 4) is 0 Å². The summed E-state index contributed by atoms with van der Waals surface area (Å²) in [6, 6.07) is 22.2. The van der Waals surface area contributed by atoms with Crippen molar-refractivity contribution in [3.05, 3.63) is 89.5 Å². The molecule has 1 amide bonds. The molecule has 0 saturated carbocycles. The van der Waals surface area contributed by atoms with Gasteiger partial charge in [0.25, 0.3) is 15.9 Å². The van der Waals surface area contributed by atoms with Crippen LogP contribution in [0.2, 0.25) is 0 Å². The molecule has 0 spiro atoms. The predicted octanol–water partition coefficient (Wildman–Crippen LogP) is 4.07. The van der Waals surface area contributed by atoms with Crippen molar-refractivity contribution in [1.82, 2.24) is 4.90 Å². The Labute approximate surface area is 189 Å². The third-order valence-electron chi connectivity index (χ3n) is 5.68. The number of sulfonamides is 1. The van der Waals surface area contributed by atoms with Crippen LogP contribution in [0.25, 0.3) is 0 Å². The number of piperazine rings is 1. The number of benzene rings is 3. The lowest BCUT2D eigenvalue weighted by Crippen LogP contribution is -2.48. The minimum atomic E-state index is -3.75. The molecule has 1 saturated heterocycles. The van der Waals surface area contributed by atoms with Gasteiger partial charge in [-0.05, 0) is 61.4 Å². The Balaban J connectivity index is 1.46. The molecular weight excluding hydrogens is 422 g/mol. The standard InChI is InChI=1S/C25H27N3O3S/c1-19-11-12-20(2)24(17-19)32(30,31)26-22-8-6-7-21(18-22)25(29)28-15-13-27(14-16-28)23-9-4-3-5-10-23/h3-12,17-18,26H,13-16H2,1-2H3. The van der Waals surface area contributed by atoms with Gasteiger partial charge in [0.15, 0.2) is 0 Å². The number of amides is 1. The Morgan fingerprint density at radius 1 is 0.844 bits per heavy atom. The van der Waals surface area contributed by atoms with Crippen molar-refractivity contribution in [2.45, 2.75) is 18.7 Å². The molecule has 0 aromatic heterocycles. The Hall–Kier alpha value is -3.32. The minimum Gasteiger partial charge on any atom is -0.368 e. The van der Waals surface area contributed by atoms with Crippen molar-refractivity contribution >= 4 is 27.3 Å². The molecule has 1 N–H and O–H groups in total. The summed E-state index contributed by atoms with van der Waals surface area (Å²) in [5.74, 6) is -0.0921. The topological polar surface area (TPSA) is 69.7 Å². The molecule has 1 fully saturated rings. The maximum absolute atomic E-state index is 13.1. The van der Waals surface area contributed by atoms with Crippen LogP contribution in [-0.2, 0) is 10.0 Å². The summed E-state index contributed by atoms with van der Waals surface area (Å²) in [7, 11) is -3.75. The maximum Gasteiger partial charge on any atom is 0.262 e. The first-order valence-electron chi connectivity index (χ1n) is 10.6. The second-order valence-electron chi connectivity index (χ2n) is 8.07. The molecule has 0 aliphatic carbocycles. The smallest absolute Gasteiger partial charge is 0.262 e. The molecule has 7 heteroatoms. The number of hydrogen-bond donors (Lipinski definition) is 1. The Morgan fingerprint density at radius 2 is 1.56 bits per heavy atom. The van der Waals surface area contributed by atoms with Gasteiger partial charge in [0.05, 0.1) is 4.90 Å². The first-order chi connectivity index (χ1) is 15.3. The number of para-hydroxylation sites is 1. The van der Waals surface area contributed by atoms with Crippen molar-refractivity contribution in [2.75, 3.05) is 35.8 Å². The van der Waals surface area contributed by atoms with Crippen LogP contribution < -0.4 is 9.62 Å². The van der Waals surface area contributed by atoms with E-state index in [-0.39, 0.29) is 10.8 Å². The Bertz CT molecular complexity index is 1220. The molecule has 1 aliphatic heterocycles. The minimum absolute atomic E-state index is 0.0921. The van der Waals surface area contributed by atoms with E-state index in [9.17, 15) is 13.2 Å². The SMILES string of the molecule is Cc1ccc(C)c(S(=O)(=O)Nc2cccc(C(=O)N3CCN(c4ccccc4)CC3)c2)c1. The molecule has 4 rings (SSSR count). The number of carbonyl (C=O) groups is 1. The first kappa shape index (κ1) is 21.9. The molecule has 0 atom stereocenters. The fraction of sp³-hybridized carbons (Fsp3) is 0.240. The van der Waals surface area contributed by atoms with E-state index in [1.807, 2.05) is 36.1 Å². The zero-order valence-electron chi connectivity index (χ0n) is 18.3. The Kier molecular flexibility index (Phi) is 6.19. The van der Waals surface area contributed by atoms with Gasteiger partial charge in [0.1, 0.15) is 0 Å². The van der Waals surface area contributed by atoms with Gasteiger partial charge in [-0.3, -0.25) is 9.52 Å². The van der Waals surface area contributed by atoms with E-state index in [1.165, 1.54) is 0 Å². The van der Waals surface area contributed by atoms with E-state index in [1.54, 1.807) is 43.3 Å². The highest BCUT2D eigenvalue weighted by molar-refractivity contribution is 7.92. The average molecular weight is 450 g/mol. The van der Waals surface area contributed by atoms with Crippen LogP contribution in [0.15, 0.2) is 77.7 Å². The van der Waals surface area contributed by atoms with E-state index in [4.69, 9.17) is 0 Å². The van der Waals surface area contributed by atoms with Crippen LogP contribution in [0.4, 0.5) is 11.4 Å². The molecule has 0 bridgehead atoms. The molecule has 3 aromatic rings. The number of carbonyl (C=O) groups excluding carboxylic acids is 1. The molecule has 6 nitrogen and oxygen atoms in total. The van der Waals surface area contributed by atoms with Crippen LogP contribution in [0.3, 0.4) is 0 Å². The maximum atomic E-state index is 13.1. The van der Waals surface area contributed by atoms with E-state index in [0.717, 1.165) is 24.3 Å². The molecule has 1 aliphatic rings. The first-order valence-corrected chi connectivity index (χ1v) is 12.1. The quantitative estimate of drug-likeness (QED) is 0.638. The molecule has 166 valence electrons. The lowest BCUT2D eigenvalue weighted by Gasteiger charge is -2.36. The summed E-state index contributed by atoms with van der Waals surface area (Å²) >= 11 is 0. The van der Waals surface area contributed by atoms with Crippen LogP contribution in [-0.4, -0.2) is 45.4 Å². The summed E-state index contributed by atoms with van der Waals surface area (Å²) in [5, 5.41) is 0. The average Bonchev–Trinajstić information content (AvgIpc) is 2.80. The highest BCUT2D eigenvalue weighted by atomic mass is 32.2. The van der Waals surface area contributed by atoms with Gasteiger partial charge in [-0.25, -0.2) is 8.42 Å². The molecule has 32 heavy (non-hydrogen) atoms. The highest BCUT2D eigenvalue weighted by Gasteiger charge is 2.23. The largest absolute Gasteiger partial charge is 0.368 e. The zero-order valence-corrected chi connectivity index (χ0v) is 19.1. The van der Waals surface area contributed by atoms with E-state index in [0.29, 0.717) is 29.9 Å². The number of nitrogens with one attached hydrogen (secondary N) is 1. The van der Waals surface area contributed by atoms with Gasteiger partial charge in [0.2, 0.25) is 0 Å². The number of nitrogens with zero attached hydrogens (tertiary/aromatic N) is 2. The van der Waals surface area contributed by atoms with E-state index >= 15 is 0 Å². The number of anilines is 2. The number of aryl methyl sites for hydroxylation is 2. The van der Waals surface area contributed by atoms with Gasteiger partial charge in [-0.1, -0.05) is 36.4 Å².